The summed E-state index contributed by atoms with van der Waals surface area (Å²) in [4.78, 5) is 19.2. The van der Waals surface area contributed by atoms with Gasteiger partial charge in [-0.05, 0) is 56.4 Å². The fourth-order valence-corrected chi connectivity index (χ4v) is 3.37. The molecule has 0 saturated carbocycles. The minimum Gasteiger partial charge on any atom is -0.383 e. The fourth-order valence-electron chi connectivity index (χ4n) is 3.25. The number of benzene rings is 1. The van der Waals surface area contributed by atoms with Crippen LogP contribution in [0.2, 0.25) is 5.02 Å². The quantitative estimate of drug-likeness (QED) is 0.503. The van der Waals surface area contributed by atoms with Crippen molar-refractivity contribution in [1.82, 2.24) is 14.5 Å². The first-order valence-electron chi connectivity index (χ1n) is 9.93. The maximum Gasteiger partial charge on any atom is 0.255 e. The zero-order valence-corrected chi connectivity index (χ0v) is 18.0. The number of anilines is 1. The number of halogens is 1. The van der Waals surface area contributed by atoms with Crippen LogP contribution in [0.5, 0.6) is 0 Å². The minimum atomic E-state index is -0.165. The number of likely N-dealkylation sites (N-methyl/N-ethyl adjacent to an activating group) is 1. The Kier molecular flexibility index (Phi) is 7.38. The molecule has 0 radical (unpaired) electrons. The summed E-state index contributed by atoms with van der Waals surface area (Å²) < 4.78 is 1.56. The van der Waals surface area contributed by atoms with Gasteiger partial charge in [0.05, 0.1) is 10.7 Å². The number of nitrogens with zero attached hydrogens (tertiary/aromatic N) is 3. The maximum atomic E-state index is 12.7. The van der Waals surface area contributed by atoms with Crippen molar-refractivity contribution in [3.63, 3.8) is 0 Å². The molecule has 0 aliphatic carbocycles. The molecule has 30 heavy (non-hydrogen) atoms. The molecule has 0 fully saturated rings. The van der Waals surface area contributed by atoms with Gasteiger partial charge in [-0.3, -0.25) is 14.3 Å². The first-order chi connectivity index (χ1) is 14.5. The van der Waals surface area contributed by atoms with E-state index < -0.39 is 0 Å². The highest BCUT2D eigenvalue weighted by Crippen LogP contribution is 2.20. The van der Waals surface area contributed by atoms with Crippen LogP contribution in [-0.2, 0) is 0 Å². The lowest BCUT2D eigenvalue weighted by Crippen LogP contribution is -2.26. The van der Waals surface area contributed by atoms with E-state index in [9.17, 15) is 4.79 Å². The van der Waals surface area contributed by atoms with Gasteiger partial charge < -0.3 is 15.6 Å². The van der Waals surface area contributed by atoms with Crippen LogP contribution in [0.3, 0.4) is 0 Å². The highest BCUT2D eigenvalue weighted by molar-refractivity contribution is 6.30. The van der Waals surface area contributed by atoms with Crippen LogP contribution in [-0.4, -0.2) is 47.3 Å². The van der Waals surface area contributed by atoms with Gasteiger partial charge in [0.2, 0.25) is 0 Å². The summed E-state index contributed by atoms with van der Waals surface area (Å²) in [6, 6.07) is 12.6. The molecule has 0 aliphatic rings. The van der Waals surface area contributed by atoms with E-state index >= 15 is 0 Å². The van der Waals surface area contributed by atoms with Gasteiger partial charge in [-0.15, -0.1) is 0 Å². The van der Waals surface area contributed by atoms with Crippen LogP contribution < -0.4 is 10.9 Å². The third-order valence-electron chi connectivity index (χ3n) is 4.83. The molecule has 7 heteroatoms. The van der Waals surface area contributed by atoms with E-state index in [1.54, 1.807) is 35.2 Å². The second-order valence-electron chi connectivity index (χ2n) is 7.13. The Balaban J connectivity index is 1.79. The second-order valence-corrected chi connectivity index (χ2v) is 7.57. The molecule has 0 atom stereocenters. The van der Waals surface area contributed by atoms with Crippen molar-refractivity contribution in [1.29, 1.82) is 5.41 Å². The number of aromatic nitrogens is 2. The van der Waals surface area contributed by atoms with E-state index in [4.69, 9.17) is 17.0 Å². The summed E-state index contributed by atoms with van der Waals surface area (Å²) in [7, 11) is 2.10. The maximum absolute atomic E-state index is 12.7. The summed E-state index contributed by atoms with van der Waals surface area (Å²) in [5.41, 5.74) is 3.59. The van der Waals surface area contributed by atoms with Gasteiger partial charge in [0, 0.05) is 60.3 Å². The van der Waals surface area contributed by atoms with Crippen molar-refractivity contribution >= 4 is 23.5 Å². The zero-order valence-electron chi connectivity index (χ0n) is 17.2. The van der Waals surface area contributed by atoms with Crippen LogP contribution in [0.4, 0.5) is 5.69 Å². The Morgan fingerprint density at radius 3 is 2.70 bits per heavy atom. The van der Waals surface area contributed by atoms with Gasteiger partial charge >= 0.3 is 0 Å². The molecule has 0 spiro atoms. The van der Waals surface area contributed by atoms with Crippen LogP contribution in [0.25, 0.3) is 16.9 Å². The molecule has 0 saturated heterocycles. The topological polar surface area (TPSA) is 74.0 Å². The van der Waals surface area contributed by atoms with Crippen molar-refractivity contribution in [3.8, 4) is 16.9 Å². The van der Waals surface area contributed by atoms with Gasteiger partial charge in [-0.2, -0.15) is 0 Å². The van der Waals surface area contributed by atoms with E-state index in [0.717, 1.165) is 42.9 Å². The standard InChI is InChI=1S/C23H26ClN5O/c1-3-10-28(2)12-9-26-22-7-5-20(13-18(22)15-25)29-11-8-17(14-23(29)30)21-6-4-19(24)16-27-21/h4-8,11,13-16,25-26H,3,9-10,12H2,1-2H3. The van der Waals surface area contributed by atoms with Crippen LogP contribution >= 0.6 is 11.6 Å². The van der Waals surface area contributed by atoms with Crippen LogP contribution in [0.1, 0.15) is 18.9 Å². The lowest BCUT2D eigenvalue weighted by molar-refractivity contribution is 0.348. The lowest BCUT2D eigenvalue weighted by Gasteiger charge is -2.17. The molecule has 6 nitrogen and oxygen atoms in total. The first-order valence-corrected chi connectivity index (χ1v) is 10.3. The van der Waals surface area contributed by atoms with Crippen molar-refractivity contribution in [2.24, 2.45) is 0 Å². The van der Waals surface area contributed by atoms with Gasteiger partial charge in [-0.25, -0.2) is 0 Å². The Morgan fingerprint density at radius 1 is 1.20 bits per heavy atom. The Labute approximate surface area is 181 Å². The fraction of sp³-hybridized carbons (Fsp3) is 0.261. The summed E-state index contributed by atoms with van der Waals surface area (Å²) >= 11 is 5.88. The molecule has 0 unspecified atom stereocenters. The number of nitrogens with one attached hydrogen (secondary N) is 2. The summed E-state index contributed by atoms with van der Waals surface area (Å²) in [5.74, 6) is 0. The number of hydrogen-bond acceptors (Lipinski definition) is 5. The normalized spacial score (nSPS) is 10.9. The Morgan fingerprint density at radius 2 is 2.03 bits per heavy atom. The van der Waals surface area contributed by atoms with Crippen LogP contribution in [0.15, 0.2) is 59.7 Å². The van der Waals surface area contributed by atoms with Crippen molar-refractivity contribution in [2.45, 2.75) is 13.3 Å². The minimum absolute atomic E-state index is 0.165. The molecule has 2 N–H and O–H groups in total. The second kappa shape index (κ2) is 10.2. The van der Waals surface area contributed by atoms with Gasteiger partial charge in [0.25, 0.3) is 5.56 Å². The van der Waals surface area contributed by atoms with Crippen molar-refractivity contribution in [3.05, 3.63) is 75.8 Å². The third kappa shape index (κ3) is 5.34. The molecule has 0 amide bonds. The molecule has 1 aromatic carbocycles. The van der Waals surface area contributed by atoms with Gasteiger partial charge in [-0.1, -0.05) is 18.5 Å². The summed E-state index contributed by atoms with van der Waals surface area (Å²) in [5, 5.41) is 11.7. The zero-order chi connectivity index (χ0) is 21.5. The predicted molar refractivity (Wildman–Crippen MR) is 124 cm³/mol. The van der Waals surface area contributed by atoms with E-state index in [1.807, 2.05) is 24.3 Å². The number of rotatable bonds is 9. The van der Waals surface area contributed by atoms with Crippen molar-refractivity contribution in [2.75, 3.05) is 32.0 Å². The van der Waals surface area contributed by atoms with Crippen LogP contribution in [0, 0.1) is 5.41 Å². The molecular formula is C23H26ClN5O. The highest BCUT2D eigenvalue weighted by Gasteiger charge is 2.08. The number of hydrogen-bond donors (Lipinski definition) is 2. The molecule has 3 aromatic rings. The lowest BCUT2D eigenvalue weighted by atomic mass is 10.1. The molecule has 3 rings (SSSR count). The van der Waals surface area contributed by atoms with E-state index in [2.05, 4.69) is 29.2 Å². The SMILES string of the molecule is CCCN(C)CCNc1ccc(-n2ccc(-c3ccc(Cl)cn3)cc2=O)cc1C=N. The smallest absolute Gasteiger partial charge is 0.255 e. The van der Waals surface area contributed by atoms with Gasteiger partial charge in [0.15, 0.2) is 0 Å². The van der Waals surface area contributed by atoms with E-state index in [-0.39, 0.29) is 5.56 Å². The predicted octanol–water partition coefficient (Wildman–Crippen LogP) is 4.30. The molecule has 0 bridgehead atoms. The molecular weight excluding hydrogens is 398 g/mol. The van der Waals surface area contributed by atoms with Gasteiger partial charge in [0.1, 0.15) is 0 Å². The Hall–Kier alpha value is -2.96. The molecule has 0 aliphatic heterocycles. The molecule has 2 heterocycles. The number of pyridine rings is 2. The average molecular weight is 424 g/mol. The molecule has 156 valence electrons. The molecule has 2 aromatic heterocycles. The third-order valence-corrected chi connectivity index (χ3v) is 5.05. The first kappa shape index (κ1) is 21.7. The monoisotopic (exact) mass is 423 g/mol. The van der Waals surface area contributed by atoms with Crippen molar-refractivity contribution < 1.29 is 0 Å². The van der Waals surface area contributed by atoms with E-state index in [0.29, 0.717) is 16.4 Å². The average Bonchev–Trinajstić information content (AvgIpc) is 2.74. The highest BCUT2D eigenvalue weighted by atomic mass is 35.5. The largest absolute Gasteiger partial charge is 0.383 e. The van der Waals surface area contributed by atoms with E-state index in [1.165, 1.54) is 6.21 Å². The summed E-state index contributed by atoms with van der Waals surface area (Å²) in [6.07, 6.45) is 5.71. The Bertz CT molecular complexity index is 1060. The summed E-state index contributed by atoms with van der Waals surface area (Å²) in [6.45, 7) is 4.94.